The lowest BCUT2D eigenvalue weighted by molar-refractivity contribution is 1.18. The average Bonchev–Trinajstić information content (AvgIpc) is 2.65. The van der Waals surface area contributed by atoms with Crippen molar-refractivity contribution < 1.29 is 0 Å². The first-order valence-electron chi connectivity index (χ1n) is 4.62. The number of aryl methyl sites for hydroxylation is 1. The maximum absolute atomic E-state index is 6.39. The van der Waals surface area contributed by atoms with E-state index >= 15 is 0 Å². The molecule has 0 fully saturated rings. The third-order valence-corrected chi connectivity index (χ3v) is 4.38. The summed E-state index contributed by atoms with van der Waals surface area (Å²) < 4.78 is 1.08. The SMILES string of the molecule is Cc1ccc(C(Cl)c2ccc(Br)cc2)s1. The maximum Gasteiger partial charge on any atom is 0.0927 e. The Kier molecular flexibility index (Phi) is 3.49. The molecule has 0 saturated heterocycles. The smallest absolute Gasteiger partial charge is 0.0927 e. The zero-order valence-electron chi connectivity index (χ0n) is 8.21. The Morgan fingerprint density at radius 2 is 1.80 bits per heavy atom. The van der Waals surface area contributed by atoms with Gasteiger partial charge in [-0.2, -0.15) is 0 Å². The highest BCUT2D eigenvalue weighted by Crippen LogP contribution is 2.33. The van der Waals surface area contributed by atoms with Gasteiger partial charge in [0.05, 0.1) is 5.38 Å². The van der Waals surface area contributed by atoms with E-state index in [0.29, 0.717) is 0 Å². The van der Waals surface area contributed by atoms with Crippen molar-refractivity contribution in [2.24, 2.45) is 0 Å². The molecule has 0 N–H and O–H groups in total. The second-order valence-corrected chi connectivity index (χ2v) is 6.03. The molecule has 0 amide bonds. The van der Waals surface area contributed by atoms with Crippen molar-refractivity contribution in [1.82, 2.24) is 0 Å². The Morgan fingerprint density at radius 3 is 2.33 bits per heavy atom. The van der Waals surface area contributed by atoms with Crippen LogP contribution in [-0.2, 0) is 0 Å². The zero-order valence-corrected chi connectivity index (χ0v) is 11.4. The van der Waals surface area contributed by atoms with Gasteiger partial charge in [-0.1, -0.05) is 28.1 Å². The standard InChI is InChI=1S/C12H10BrClS/c1-8-2-7-11(15-8)12(14)9-3-5-10(13)6-4-9/h2-7,12H,1H3. The molecule has 0 aliphatic rings. The predicted molar refractivity (Wildman–Crippen MR) is 70.9 cm³/mol. The van der Waals surface area contributed by atoms with Gasteiger partial charge < -0.3 is 0 Å². The van der Waals surface area contributed by atoms with Crippen LogP contribution in [0.3, 0.4) is 0 Å². The molecule has 1 heterocycles. The third-order valence-electron chi connectivity index (χ3n) is 2.17. The lowest BCUT2D eigenvalue weighted by atomic mass is 10.1. The Labute approximate surface area is 107 Å². The van der Waals surface area contributed by atoms with Crippen molar-refractivity contribution in [3.63, 3.8) is 0 Å². The Hall–Kier alpha value is -0.310. The summed E-state index contributed by atoms with van der Waals surface area (Å²) in [6.07, 6.45) is 0. The van der Waals surface area contributed by atoms with Gasteiger partial charge in [0.2, 0.25) is 0 Å². The fourth-order valence-corrected chi connectivity index (χ4v) is 2.89. The van der Waals surface area contributed by atoms with Gasteiger partial charge >= 0.3 is 0 Å². The highest BCUT2D eigenvalue weighted by Gasteiger charge is 2.12. The van der Waals surface area contributed by atoms with E-state index in [1.165, 1.54) is 9.75 Å². The van der Waals surface area contributed by atoms with Gasteiger partial charge in [-0.3, -0.25) is 0 Å². The molecule has 1 aromatic carbocycles. The molecule has 0 radical (unpaired) electrons. The highest BCUT2D eigenvalue weighted by molar-refractivity contribution is 9.10. The molecule has 2 rings (SSSR count). The lowest BCUT2D eigenvalue weighted by Crippen LogP contribution is -1.88. The monoisotopic (exact) mass is 300 g/mol. The van der Waals surface area contributed by atoms with Crippen LogP contribution in [0.2, 0.25) is 0 Å². The molecule has 0 saturated carbocycles. The second kappa shape index (κ2) is 4.69. The van der Waals surface area contributed by atoms with E-state index in [0.717, 1.165) is 10.0 Å². The number of halogens is 2. The number of hydrogen-bond acceptors (Lipinski definition) is 1. The topological polar surface area (TPSA) is 0 Å². The predicted octanol–water partition coefficient (Wildman–Crippen LogP) is 5.15. The average molecular weight is 302 g/mol. The van der Waals surface area contributed by atoms with Crippen LogP contribution in [0.5, 0.6) is 0 Å². The molecule has 3 heteroatoms. The Morgan fingerprint density at radius 1 is 1.13 bits per heavy atom. The van der Waals surface area contributed by atoms with E-state index in [-0.39, 0.29) is 5.38 Å². The van der Waals surface area contributed by atoms with E-state index in [9.17, 15) is 0 Å². The van der Waals surface area contributed by atoms with Crippen LogP contribution in [0.4, 0.5) is 0 Å². The van der Waals surface area contributed by atoms with Crippen LogP contribution in [0, 0.1) is 6.92 Å². The molecule has 15 heavy (non-hydrogen) atoms. The minimum Gasteiger partial charge on any atom is -0.144 e. The molecule has 0 nitrogen and oxygen atoms in total. The number of hydrogen-bond donors (Lipinski definition) is 0. The van der Waals surface area contributed by atoms with E-state index in [1.807, 2.05) is 12.1 Å². The first-order chi connectivity index (χ1) is 7.16. The summed E-state index contributed by atoms with van der Waals surface area (Å²) in [4.78, 5) is 2.50. The largest absolute Gasteiger partial charge is 0.144 e. The van der Waals surface area contributed by atoms with Crippen LogP contribution in [-0.4, -0.2) is 0 Å². The zero-order chi connectivity index (χ0) is 10.8. The number of benzene rings is 1. The van der Waals surface area contributed by atoms with Crippen molar-refractivity contribution in [2.75, 3.05) is 0 Å². The van der Waals surface area contributed by atoms with Crippen molar-refractivity contribution in [1.29, 1.82) is 0 Å². The fraction of sp³-hybridized carbons (Fsp3) is 0.167. The second-order valence-electron chi connectivity index (χ2n) is 3.36. The highest BCUT2D eigenvalue weighted by atomic mass is 79.9. The fourth-order valence-electron chi connectivity index (χ4n) is 1.39. The Balaban J connectivity index is 2.28. The van der Waals surface area contributed by atoms with E-state index in [4.69, 9.17) is 11.6 Å². The van der Waals surface area contributed by atoms with Crippen molar-refractivity contribution in [3.05, 3.63) is 56.2 Å². The minimum atomic E-state index is -0.0307. The molecule has 78 valence electrons. The van der Waals surface area contributed by atoms with Gasteiger partial charge in [-0.25, -0.2) is 0 Å². The van der Waals surface area contributed by atoms with Gasteiger partial charge in [0, 0.05) is 14.2 Å². The molecule has 1 atom stereocenters. The van der Waals surface area contributed by atoms with Gasteiger partial charge in [0.1, 0.15) is 0 Å². The van der Waals surface area contributed by atoms with Gasteiger partial charge in [0.25, 0.3) is 0 Å². The van der Waals surface area contributed by atoms with Crippen LogP contribution >= 0.6 is 38.9 Å². The van der Waals surface area contributed by atoms with Gasteiger partial charge in [-0.05, 0) is 36.8 Å². The summed E-state index contributed by atoms with van der Waals surface area (Å²) in [5, 5.41) is -0.0307. The van der Waals surface area contributed by atoms with Gasteiger partial charge in [-0.15, -0.1) is 22.9 Å². The molecule has 0 aliphatic heterocycles. The number of alkyl halides is 1. The minimum absolute atomic E-state index is 0.0307. The molecule has 2 aromatic rings. The Bertz CT molecular complexity index is 447. The van der Waals surface area contributed by atoms with Crippen molar-refractivity contribution in [3.8, 4) is 0 Å². The van der Waals surface area contributed by atoms with Crippen molar-refractivity contribution >= 4 is 38.9 Å². The van der Waals surface area contributed by atoms with Crippen LogP contribution in [0.1, 0.15) is 20.7 Å². The lowest BCUT2D eigenvalue weighted by Gasteiger charge is -2.07. The molecule has 0 bridgehead atoms. The summed E-state index contributed by atoms with van der Waals surface area (Å²) in [5.41, 5.74) is 1.14. The molecule has 1 unspecified atom stereocenters. The normalized spacial score (nSPS) is 12.7. The number of rotatable bonds is 2. The number of thiophene rings is 1. The maximum atomic E-state index is 6.39. The van der Waals surface area contributed by atoms with E-state index in [2.05, 4.69) is 47.1 Å². The summed E-state index contributed by atoms with van der Waals surface area (Å²) in [6, 6.07) is 12.3. The van der Waals surface area contributed by atoms with Crippen LogP contribution < -0.4 is 0 Å². The molecular formula is C12H10BrClS. The van der Waals surface area contributed by atoms with Crippen molar-refractivity contribution in [2.45, 2.75) is 12.3 Å². The summed E-state index contributed by atoms with van der Waals surface area (Å²) in [6.45, 7) is 2.10. The molecule has 0 aliphatic carbocycles. The van der Waals surface area contributed by atoms with Crippen LogP contribution in [0.15, 0.2) is 40.9 Å². The third kappa shape index (κ3) is 2.63. The molecule has 1 aromatic heterocycles. The van der Waals surface area contributed by atoms with Gasteiger partial charge in [0.15, 0.2) is 0 Å². The first-order valence-corrected chi connectivity index (χ1v) is 6.67. The summed E-state index contributed by atoms with van der Waals surface area (Å²) in [5.74, 6) is 0. The molecule has 0 spiro atoms. The van der Waals surface area contributed by atoms with Crippen LogP contribution in [0.25, 0.3) is 0 Å². The summed E-state index contributed by atoms with van der Waals surface area (Å²) >= 11 is 11.6. The summed E-state index contributed by atoms with van der Waals surface area (Å²) in [7, 11) is 0. The quantitative estimate of drug-likeness (QED) is 0.673. The van der Waals surface area contributed by atoms with E-state index in [1.54, 1.807) is 11.3 Å². The molecular weight excluding hydrogens is 292 g/mol. The van der Waals surface area contributed by atoms with E-state index < -0.39 is 0 Å². The first kappa shape index (κ1) is 11.2.